The Morgan fingerprint density at radius 2 is 2.29 bits per heavy atom. The fraction of sp³-hybridized carbons (Fsp3) is 0.583. The quantitative estimate of drug-likeness (QED) is 0.896. The van der Waals surface area contributed by atoms with Gasteiger partial charge in [0.2, 0.25) is 0 Å². The molecule has 0 bridgehead atoms. The predicted octanol–water partition coefficient (Wildman–Crippen LogP) is 2.85. The molecular weight excluding hydrogens is 252 g/mol. The van der Waals surface area contributed by atoms with Crippen LogP contribution in [0.15, 0.2) is 6.07 Å². The second-order valence-electron chi connectivity index (χ2n) is 4.17. The van der Waals surface area contributed by atoms with Gasteiger partial charge in [-0.3, -0.25) is 4.79 Å². The normalized spacial score (nSPS) is 12.5. The van der Waals surface area contributed by atoms with Gasteiger partial charge < -0.3 is 10.6 Å². The highest BCUT2D eigenvalue weighted by Gasteiger charge is 2.19. The van der Waals surface area contributed by atoms with Crippen LogP contribution in [0.1, 0.15) is 27.9 Å². The van der Waals surface area contributed by atoms with Crippen LogP contribution in [0.5, 0.6) is 0 Å². The zero-order chi connectivity index (χ0) is 13.0. The van der Waals surface area contributed by atoms with Gasteiger partial charge in [-0.05, 0) is 38.3 Å². The lowest BCUT2D eigenvalue weighted by Gasteiger charge is -2.24. The summed E-state index contributed by atoms with van der Waals surface area (Å²) in [7, 11) is 1.86. The first kappa shape index (κ1) is 14.4. The molecule has 3 nitrogen and oxygen atoms in total. The molecule has 2 N–H and O–H groups in total. The Morgan fingerprint density at radius 1 is 1.65 bits per heavy atom. The molecule has 0 aromatic carbocycles. The highest BCUT2D eigenvalue weighted by atomic mass is 32.2. The third kappa shape index (κ3) is 3.64. The van der Waals surface area contributed by atoms with Gasteiger partial charge in [0.25, 0.3) is 5.91 Å². The fourth-order valence-electron chi connectivity index (χ4n) is 1.46. The lowest BCUT2D eigenvalue weighted by Crippen LogP contribution is -2.35. The van der Waals surface area contributed by atoms with E-state index in [-0.39, 0.29) is 11.9 Å². The monoisotopic (exact) mass is 272 g/mol. The van der Waals surface area contributed by atoms with E-state index in [1.165, 1.54) is 11.3 Å². The van der Waals surface area contributed by atoms with Crippen molar-refractivity contribution >= 4 is 34.7 Å². The summed E-state index contributed by atoms with van der Waals surface area (Å²) in [6.07, 6.45) is 3.10. The lowest BCUT2D eigenvalue weighted by atomic mass is 10.2. The number of thioether (sulfide) groups is 1. The molecule has 0 aliphatic heterocycles. The van der Waals surface area contributed by atoms with Crippen LogP contribution in [0, 0.1) is 6.92 Å². The summed E-state index contributed by atoms with van der Waals surface area (Å²) >= 11 is 3.28. The molecule has 0 spiro atoms. The largest absolute Gasteiger partial charge is 0.398 e. The summed E-state index contributed by atoms with van der Waals surface area (Å²) in [6.45, 7) is 4.02. The van der Waals surface area contributed by atoms with Gasteiger partial charge in [-0.25, -0.2) is 0 Å². The van der Waals surface area contributed by atoms with Crippen molar-refractivity contribution < 1.29 is 4.79 Å². The molecule has 1 heterocycles. The van der Waals surface area contributed by atoms with Crippen LogP contribution >= 0.6 is 23.1 Å². The van der Waals surface area contributed by atoms with Crippen LogP contribution in [0.25, 0.3) is 0 Å². The lowest BCUT2D eigenvalue weighted by molar-refractivity contribution is 0.0746. The van der Waals surface area contributed by atoms with Crippen LogP contribution in [-0.2, 0) is 0 Å². The standard InChI is InChI=1S/C12H20N2OS2/c1-8(5-6-16-4)14(3)12(15)11-7-10(13)9(2)17-11/h7-8H,5-6,13H2,1-4H3. The Bertz CT molecular complexity index is 370. The third-order valence-electron chi connectivity index (χ3n) is 2.89. The Labute approximate surface area is 111 Å². The molecule has 0 aliphatic carbocycles. The smallest absolute Gasteiger partial charge is 0.263 e. The van der Waals surface area contributed by atoms with E-state index in [2.05, 4.69) is 13.2 Å². The number of hydrogen-bond donors (Lipinski definition) is 1. The van der Waals surface area contributed by atoms with Crippen molar-refractivity contribution in [1.82, 2.24) is 4.90 Å². The second-order valence-corrected chi connectivity index (χ2v) is 6.41. The predicted molar refractivity (Wildman–Crippen MR) is 78.0 cm³/mol. The molecule has 0 radical (unpaired) electrons. The van der Waals surface area contributed by atoms with Crippen LogP contribution in [0.4, 0.5) is 5.69 Å². The summed E-state index contributed by atoms with van der Waals surface area (Å²) in [6, 6.07) is 2.04. The van der Waals surface area contributed by atoms with Crippen molar-refractivity contribution in [2.45, 2.75) is 26.3 Å². The van der Waals surface area contributed by atoms with E-state index < -0.39 is 0 Å². The Hall–Kier alpha value is -0.680. The molecule has 1 aromatic heterocycles. The topological polar surface area (TPSA) is 46.3 Å². The molecule has 1 rings (SSSR count). The van der Waals surface area contributed by atoms with E-state index in [0.717, 1.165) is 21.9 Å². The zero-order valence-corrected chi connectivity index (χ0v) is 12.5. The molecule has 0 saturated carbocycles. The molecule has 0 saturated heterocycles. The van der Waals surface area contributed by atoms with E-state index in [9.17, 15) is 4.79 Å². The first-order valence-electron chi connectivity index (χ1n) is 5.59. The summed E-state index contributed by atoms with van der Waals surface area (Å²) in [5.74, 6) is 1.15. The average Bonchev–Trinajstić information content (AvgIpc) is 2.64. The van der Waals surface area contributed by atoms with Crippen LogP contribution in [0.3, 0.4) is 0 Å². The molecule has 17 heavy (non-hydrogen) atoms. The minimum Gasteiger partial charge on any atom is -0.398 e. The molecule has 96 valence electrons. The minimum atomic E-state index is 0.0726. The van der Waals surface area contributed by atoms with Crippen LogP contribution < -0.4 is 5.73 Å². The number of anilines is 1. The Balaban J connectivity index is 2.69. The number of aryl methyl sites for hydroxylation is 1. The average molecular weight is 272 g/mol. The number of carbonyl (C=O) groups is 1. The van der Waals surface area contributed by atoms with E-state index in [1.54, 1.807) is 22.7 Å². The van der Waals surface area contributed by atoms with E-state index in [1.807, 2.05) is 14.0 Å². The fourth-order valence-corrected chi connectivity index (χ4v) is 2.96. The van der Waals surface area contributed by atoms with Crippen molar-refractivity contribution in [1.29, 1.82) is 0 Å². The Morgan fingerprint density at radius 3 is 2.76 bits per heavy atom. The summed E-state index contributed by atoms with van der Waals surface area (Å²) in [4.78, 5) is 15.7. The first-order valence-corrected chi connectivity index (χ1v) is 7.80. The van der Waals surface area contributed by atoms with Gasteiger partial charge in [0, 0.05) is 23.7 Å². The van der Waals surface area contributed by atoms with E-state index in [4.69, 9.17) is 5.73 Å². The van der Waals surface area contributed by atoms with Gasteiger partial charge in [-0.15, -0.1) is 11.3 Å². The van der Waals surface area contributed by atoms with E-state index >= 15 is 0 Å². The number of carbonyl (C=O) groups excluding carboxylic acids is 1. The van der Waals surface area contributed by atoms with Gasteiger partial charge in [0.15, 0.2) is 0 Å². The van der Waals surface area contributed by atoms with Crippen molar-refractivity contribution in [2.75, 3.05) is 24.8 Å². The molecule has 1 aromatic rings. The molecule has 5 heteroatoms. The third-order valence-corrected chi connectivity index (χ3v) is 4.59. The number of rotatable bonds is 5. The Kier molecular flexibility index (Phi) is 5.33. The number of nitrogens with two attached hydrogens (primary N) is 1. The zero-order valence-electron chi connectivity index (χ0n) is 10.8. The molecular formula is C12H20N2OS2. The number of nitrogen functional groups attached to an aromatic ring is 1. The highest BCUT2D eigenvalue weighted by Crippen LogP contribution is 2.25. The maximum absolute atomic E-state index is 12.2. The molecule has 1 amide bonds. The minimum absolute atomic E-state index is 0.0726. The van der Waals surface area contributed by atoms with Gasteiger partial charge in [0.1, 0.15) is 0 Å². The number of hydrogen-bond acceptors (Lipinski definition) is 4. The molecule has 1 unspecified atom stereocenters. The summed E-state index contributed by atoms with van der Waals surface area (Å²) in [5.41, 5.74) is 6.48. The number of nitrogens with zero attached hydrogens (tertiary/aromatic N) is 1. The number of amides is 1. The highest BCUT2D eigenvalue weighted by molar-refractivity contribution is 7.98. The molecule has 0 fully saturated rings. The van der Waals surface area contributed by atoms with Gasteiger partial charge in [0.05, 0.1) is 4.88 Å². The number of thiophene rings is 1. The van der Waals surface area contributed by atoms with Crippen molar-refractivity contribution in [3.05, 3.63) is 15.8 Å². The first-order chi connectivity index (χ1) is 7.97. The summed E-state index contributed by atoms with van der Waals surface area (Å²) in [5, 5.41) is 0. The second kappa shape index (κ2) is 6.31. The van der Waals surface area contributed by atoms with Gasteiger partial charge in [-0.2, -0.15) is 11.8 Å². The maximum Gasteiger partial charge on any atom is 0.263 e. The van der Waals surface area contributed by atoms with Crippen LogP contribution in [-0.4, -0.2) is 35.9 Å². The molecule has 0 aliphatic rings. The van der Waals surface area contributed by atoms with Crippen molar-refractivity contribution in [3.63, 3.8) is 0 Å². The summed E-state index contributed by atoms with van der Waals surface area (Å²) < 4.78 is 0. The van der Waals surface area contributed by atoms with Gasteiger partial charge in [-0.1, -0.05) is 0 Å². The van der Waals surface area contributed by atoms with Crippen LogP contribution in [0.2, 0.25) is 0 Å². The van der Waals surface area contributed by atoms with Gasteiger partial charge >= 0.3 is 0 Å². The van der Waals surface area contributed by atoms with Crippen molar-refractivity contribution in [2.24, 2.45) is 0 Å². The maximum atomic E-state index is 12.2. The van der Waals surface area contributed by atoms with E-state index in [0.29, 0.717) is 5.69 Å². The van der Waals surface area contributed by atoms with Crippen molar-refractivity contribution in [3.8, 4) is 0 Å². The molecule has 1 atom stereocenters. The SMILES string of the molecule is CSCCC(C)N(C)C(=O)c1cc(N)c(C)s1.